The third kappa shape index (κ3) is 1.99. The van der Waals surface area contributed by atoms with Crippen molar-refractivity contribution in [3.63, 3.8) is 0 Å². The molecular weight excluding hydrogens is 236 g/mol. The van der Waals surface area contributed by atoms with Gasteiger partial charge in [-0.05, 0) is 27.7 Å². The minimum absolute atomic E-state index is 0.0854. The summed E-state index contributed by atoms with van der Waals surface area (Å²) in [4.78, 5) is 3.93. The van der Waals surface area contributed by atoms with Gasteiger partial charge in [-0.3, -0.25) is 4.98 Å². The van der Waals surface area contributed by atoms with Gasteiger partial charge in [0.15, 0.2) is 11.6 Å². The van der Waals surface area contributed by atoms with E-state index in [1.807, 2.05) is 27.7 Å². The van der Waals surface area contributed by atoms with Crippen molar-refractivity contribution >= 4 is 12.6 Å². The summed E-state index contributed by atoms with van der Waals surface area (Å²) in [7, 11) is 0.631. The number of aromatic nitrogens is 1. The van der Waals surface area contributed by atoms with Crippen LogP contribution in [0.3, 0.4) is 0 Å². The number of hydrogen-bond donors (Lipinski definition) is 0. The quantitative estimate of drug-likeness (QED) is 0.749. The molecule has 1 aromatic rings. The SMILES string of the molecule is COc1cncc(B2OC(C)(C)C(C)(C)O2)c1F. The average Bonchev–Trinajstić information content (AvgIpc) is 2.48. The maximum Gasteiger partial charge on any atom is 0.499 e. The number of rotatable bonds is 2. The fraction of sp³-hybridized carbons (Fsp3) is 0.583. The van der Waals surface area contributed by atoms with Crippen LogP contribution in [0.5, 0.6) is 5.75 Å². The molecule has 0 saturated carbocycles. The van der Waals surface area contributed by atoms with Crippen molar-refractivity contribution in [3.05, 3.63) is 18.2 Å². The molecule has 1 aliphatic heterocycles. The summed E-state index contributed by atoms with van der Waals surface area (Å²) in [6.07, 6.45) is 2.73. The van der Waals surface area contributed by atoms with Crippen LogP contribution >= 0.6 is 0 Å². The number of ether oxygens (including phenoxy) is 1. The summed E-state index contributed by atoms with van der Waals surface area (Å²) >= 11 is 0. The highest BCUT2D eigenvalue weighted by atomic mass is 19.1. The van der Waals surface area contributed by atoms with Crippen LogP contribution in [0.25, 0.3) is 0 Å². The fourth-order valence-electron chi connectivity index (χ4n) is 1.72. The van der Waals surface area contributed by atoms with Gasteiger partial charge in [-0.25, -0.2) is 4.39 Å². The molecule has 0 N–H and O–H groups in total. The van der Waals surface area contributed by atoms with Gasteiger partial charge in [0.05, 0.1) is 24.5 Å². The molecule has 6 heteroatoms. The molecule has 4 nitrogen and oxygen atoms in total. The molecule has 98 valence electrons. The zero-order chi connectivity index (χ0) is 13.6. The van der Waals surface area contributed by atoms with Gasteiger partial charge in [0.2, 0.25) is 0 Å². The third-order valence-electron chi connectivity index (χ3n) is 3.60. The van der Waals surface area contributed by atoms with Crippen molar-refractivity contribution in [1.29, 1.82) is 0 Å². The minimum Gasteiger partial charge on any atom is -0.492 e. The molecule has 0 bridgehead atoms. The van der Waals surface area contributed by atoms with Crippen LogP contribution < -0.4 is 10.2 Å². The first-order chi connectivity index (χ1) is 8.28. The Morgan fingerprint density at radius 3 is 2.22 bits per heavy atom. The van der Waals surface area contributed by atoms with Gasteiger partial charge in [-0.1, -0.05) is 0 Å². The Morgan fingerprint density at radius 1 is 1.17 bits per heavy atom. The molecule has 0 radical (unpaired) electrons. The zero-order valence-electron chi connectivity index (χ0n) is 11.3. The molecule has 2 rings (SSSR count). The first-order valence-corrected chi connectivity index (χ1v) is 5.81. The lowest BCUT2D eigenvalue weighted by atomic mass is 9.80. The average molecular weight is 253 g/mol. The Balaban J connectivity index is 2.35. The van der Waals surface area contributed by atoms with E-state index in [0.717, 1.165) is 0 Å². The lowest BCUT2D eigenvalue weighted by molar-refractivity contribution is 0.00578. The standard InChI is InChI=1S/C12H17BFNO3/c1-11(2)12(3,4)18-13(17-11)8-6-15-7-9(16-5)10(8)14/h6-7H,1-5H3. The minimum atomic E-state index is -0.766. The van der Waals surface area contributed by atoms with E-state index in [1.165, 1.54) is 19.5 Å². The number of nitrogens with zero attached hydrogens (tertiary/aromatic N) is 1. The largest absolute Gasteiger partial charge is 0.499 e. The highest BCUT2D eigenvalue weighted by Crippen LogP contribution is 2.36. The molecule has 18 heavy (non-hydrogen) atoms. The van der Waals surface area contributed by atoms with E-state index in [1.54, 1.807) is 0 Å². The van der Waals surface area contributed by atoms with Crippen LogP contribution in [-0.2, 0) is 9.31 Å². The molecule has 1 aromatic heterocycles. The van der Waals surface area contributed by atoms with E-state index in [4.69, 9.17) is 14.0 Å². The molecule has 1 fully saturated rings. The molecule has 1 aliphatic rings. The lowest BCUT2D eigenvalue weighted by Crippen LogP contribution is -2.41. The molecule has 0 atom stereocenters. The van der Waals surface area contributed by atoms with Gasteiger partial charge < -0.3 is 14.0 Å². The summed E-state index contributed by atoms with van der Waals surface area (Å²) in [5.41, 5.74) is -0.756. The summed E-state index contributed by atoms with van der Waals surface area (Å²) in [5, 5.41) is 0. The Bertz CT molecular complexity index is 449. The van der Waals surface area contributed by atoms with Crippen molar-refractivity contribution < 1.29 is 18.4 Å². The highest BCUT2D eigenvalue weighted by molar-refractivity contribution is 6.62. The summed E-state index contributed by atoms with van der Waals surface area (Å²) in [6.45, 7) is 7.66. The highest BCUT2D eigenvalue weighted by Gasteiger charge is 2.52. The predicted octanol–water partition coefficient (Wildman–Crippen LogP) is 1.53. The van der Waals surface area contributed by atoms with E-state index in [2.05, 4.69) is 4.98 Å². The lowest BCUT2D eigenvalue weighted by Gasteiger charge is -2.32. The Hall–Kier alpha value is -1.14. The van der Waals surface area contributed by atoms with Crippen LogP contribution in [0, 0.1) is 5.82 Å². The van der Waals surface area contributed by atoms with Crippen molar-refractivity contribution in [2.75, 3.05) is 7.11 Å². The maximum atomic E-state index is 14.1. The van der Waals surface area contributed by atoms with Gasteiger partial charge in [-0.15, -0.1) is 0 Å². The third-order valence-corrected chi connectivity index (χ3v) is 3.60. The fourth-order valence-corrected chi connectivity index (χ4v) is 1.72. The summed E-state index contributed by atoms with van der Waals surface area (Å²) < 4.78 is 30.5. The van der Waals surface area contributed by atoms with Crippen molar-refractivity contribution in [1.82, 2.24) is 4.98 Å². The topological polar surface area (TPSA) is 40.6 Å². The van der Waals surface area contributed by atoms with Crippen molar-refractivity contribution in [2.45, 2.75) is 38.9 Å². The molecule has 0 unspecified atom stereocenters. The monoisotopic (exact) mass is 253 g/mol. The Kier molecular flexibility index (Phi) is 3.11. The Morgan fingerprint density at radius 2 is 1.72 bits per heavy atom. The van der Waals surface area contributed by atoms with Crippen LogP contribution in [0.15, 0.2) is 12.4 Å². The molecule has 2 heterocycles. The molecule has 0 aromatic carbocycles. The zero-order valence-corrected chi connectivity index (χ0v) is 11.3. The van der Waals surface area contributed by atoms with Gasteiger partial charge in [0, 0.05) is 11.7 Å². The molecule has 1 saturated heterocycles. The van der Waals surface area contributed by atoms with Gasteiger partial charge in [-0.2, -0.15) is 0 Å². The second-order valence-electron chi connectivity index (χ2n) is 5.33. The second kappa shape index (κ2) is 4.21. The number of hydrogen-bond acceptors (Lipinski definition) is 4. The summed E-state index contributed by atoms with van der Waals surface area (Å²) in [5.74, 6) is -0.409. The van der Waals surface area contributed by atoms with E-state index in [9.17, 15) is 4.39 Å². The van der Waals surface area contributed by atoms with E-state index >= 15 is 0 Å². The van der Waals surface area contributed by atoms with Crippen LogP contribution in [0.2, 0.25) is 0 Å². The first-order valence-electron chi connectivity index (χ1n) is 5.81. The number of methoxy groups -OCH3 is 1. The number of halogens is 1. The number of pyridine rings is 1. The van der Waals surface area contributed by atoms with Crippen LogP contribution in [-0.4, -0.2) is 30.4 Å². The second-order valence-corrected chi connectivity index (χ2v) is 5.33. The molecular formula is C12H17BFNO3. The molecule has 0 spiro atoms. The predicted molar refractivity (Wildman–Crippen MR) is 66.5 cm³/mol. The summed E-state index contributed by atoms with van der Waals surface area (Å²) in [6, 6.07) is 0. The molecule has 0 amide bonds. The first kappa shape index (κ1) is 13.3. The Labute approximate surface area is 107 Å². The smallest absolute Gasteiger partial charge is 0.492 e. The van der Waals surface area contributed by atoms with E-state index in [-0.39, 0.29) is 11.2 Å². The van der Waals surface area contributed by atoms with Crippen molar-refractivity contribution in [3.8, 4) is 5.75 Å². The van der Waals surface area contributed by atoms with Crippen LogP contribution in [0.4, 0.5) is 4.39 Å². The normalized spacial score (nSPS) is 21.1. The van der Waals surface area contributed by atoms with Crippen LogP contribution in [0.1, 0.15) is 27.7 Å². The van der Waals surface area contributed by atoms with E-state index < -0.39 is 24.1 Å². The maximum absolute atomic E-state index is 14.1. The van der Waals surface area contributed by atoms with E-state index in [0.29, 0.717) is 0 Å². The van der Waals surface area contributed by atoms with Gasteiger partial charge in [0.25, 0.3) is 0 Å². The van der Waals surface area contributed by atoms with Gasteiger partial charge >= 0.3 is 7.12 Å². The molecule has 0 aliphatic carbocycles. The van der Waals surface area contributed by atoms with Crippen molar-refractivity contribution in [2.24, 2.45) is 0 Å². The van der Waals surface area contributed by atoms with Gasteiger partial charge in [0.1, 0.15) is 0 Å².